The van der Waals surface area contributed by atoms with Crippen LogP contribution in [0.4, 0.5) is 0 Å². The maximum Gasteiger partial charge on any atom is 0.0636 e. The summed E-state index contributed by atoms with van der Waals surface area (Å²) in [6, 6.07) is -19.0. The smallest absolute Gasteiger partial charge is 0.0622 e. The maximum absolute atomic E-state index is 9.36. The molecule has 0 heterocycles. The first-order valence-corrected chi connectivity index (χ1v) is 10.6. The number of hydrogen-bond donors (Lipinski definition) is 0. The van der Waals surface area contributed by atoms with E-state index in [1.165, 1.54) is 0 Å². The van der Waals surface area contributed by atoms with Gasteiger partial charge in [0.2, 0.25) is 0 Å². The van der Waals surface area contributed by atoms with Crippen LogP contribution in [0.3, 0.4) is 0 Å². The van der Waals surface area contributed by atoms with Crippen LogP contribution in [-0.2, 0) is 0 Å². The van der Waals surface area contributed by atoms with Gasteiger partial charge < -0.3 is 0 Å². The van der Waals surface area contributed by atoms with Gasteiger partial charge in [-0.25, -0.2) is 0 Å². The average molecular weight is 480 g/mol. The Balaban J connectivity index is 1.93. The van der Waals surface area contributed by atoms with Crippen molar-refractivity contribution in [2.45, 2.75) is 0 Å². The van der Waals surface area contributed by atoms with Crippen LogP contribution in [0.25, 0.3) is 65.7 Å². The van der Waals surface area contributed by atoms with Gasteiger partial charge >= 0.3 is 0 Å². The molecular formula is C36H24. The van der Waals surface area contributed by atoms with E-state index >= 15 is 0 Å². The van der Waals surface area contributed by atoms with Crippen LogP contribution >= 0.6 is 0 Å². The van der Waals surface area contributed by atoms with E-state index in [1.54, 1.807) is 0 Å². The molecule has 0 nitrogen and oxygen atoms in total. The molecule has 7 rings (SSSR count). The predicted octanol–water partition coefficient (Wildman–Crippen LogP) is 10.1. The first-order valence-electron chi connectivity index (χ1n) is 22.1. The van der Waals surface area contributed by atoms with Gasteiger partial charge in [0, 0.05) is 0 Å². The summed E-state index contributed by atoms with van der Waals surface area (Å²) in [5.41, 5.74) is -3.86. The van der Waals surface area contributed by atoms with Crippen LogP contribution < -0.4 is 0 Å². The number of fused-ring (bicyclic) bond motifs is 3. The van der Waals surface area contributed by atoms with E-state index in [0.29, 0.717) is 0 Å². The molecule has 0 aliphatic heterocycles. The highest BCUT2D eigenvalue weighted by atomic mass is 14.2. The van der Waals surface area contributed by atoms with E-state index in [2.05, 4.69) is 0 Å². The molecule has 0 saturated carbocycles. The molecular weight excluding hydrogens is 432 g/mol. The lowest BCUT2D eigenvalue weighted by molar-refractivity contribution is 1.61. The lowest BCUT2D eigenvalue weighted by Crippen LogP contribution is -1.92. The summed E-state index contributed by atoms with van der Waals surface area (Å²) in [7, 11) is 0. The molecule has 0 aliphatic carbocycles. The van der Waals surface area contributed by atoms with E-state index in [-0.39, 0.29) is 0 Å². The summed E-state index contributed by atoms with van der Waals surface area (Å²) in [6.07, 6.45) is 0. The second-order valence-corrected chi connectivity index (χ2v) is 7.58. The molecule has 0 amide bonds. The monoisotopic (exact) mass is 479 g/mol. The average Bonchev–Trinajstić information content (AvgIpc) is 3.20. The van der Waals surface area contributed by atoms with Gasteiger partial charge in [-0.05, 0) is 71.7 Å². The maximum atomic E-state index is 9.36. The zero-order valence-corrected chi connectivity index (χ0v) is 18.1. The largest absolute Gasteiger partial charge is 0.0636 e. The molecule has 0 heteroatoms. The van der Waals surface area contributed by atoms with Gasteiger partial charge in [0.25, 0.3) is 0 Å². The number of hydrogen-bond acceptors (Lipinski definition) is 0. The lowest BCUT2D eigenvalue weighted by Gasteiger charge is -2.20. The van der Waals surface area contributed by atoms with Crippen molar-refractivity contribution < 1.29 is 31.5 Å². The third-order valence-corrected chi connectivity index (χ3v) is 5.63. The number of rotatable bonds is 3. The molecule has 0 bridgehead atoms. The van der Waals surface area contributed by atoms with Gasteiger partial charge in [0.05, 0.1) is 31.5 Å². The SMILES string of the molecule is [2H]c1cc(-c2c([2H])c([2H])c([2H])c([2H])c2-c2c3c([2H])c([2H])c([2H])c([2H])c3c(-c3c([2H])c([2H])c4c([2H])c([2H])c([2H])c([2H])c4c3[2H])c3c([2H])c([2H])c([2H])c([2H])c23)c([2H])c([2H])c1[2H]. The Kier molecular flexibility index (Phi) is 1.87. The topological polar surface area (TPSA) is 0 Å². The molecule has 7 aromatic rings. The lowest BCUT2D eigenvalue weighted by atomic mass is 9.83. The minimum absolute atomic E-state index is 0.505. The van der Waals surface area contributed by atoms with E-state index in [9.17, 15) is 9.60 Å². The molecule has 7 aromatic carbocycles. The Bertz CT molecular complexity index is 3050. The van der Waals surface area contributed by atoms with Crippen molar-refractivity contribution in [1.29, 1.82) is 0 Å². The predicted molar refractivity (Wildman–Crippen MR) is 155 cm³/mol. The van der Waals surface area contributed by atoms with Crippen molar-refractivity contribution in [2.24, 2.45) is 0 Å². The third-order valence-electron chi connectivity index (χ3n) is 5.63. The Morgan fingerprint density at radius 2 is 0.917 bits per heavy atom. The molecule has 0 aromatic heterocycles. The normalized spacial score (nSPS) is 20.3. The summed E-state index contributed by atoms with van der Waals surface area (Å²) in [4.78, 5) is 0. The van der Waals surface area contributed by atoms with E-state index < -0.39 is 205 Å². The fraction of sp³-hybridized carbons (Fsp3) is 0. The van der Waals surface area contributed by atoms with Crippen molar-refractivity contribution in [2.75, 3.05) is 0 Å². The van der Waals surface area contributed by atoms with Crippen molar-refractivity contribution in [1.82, 2.24) is 0 Å². The second-order valence-electron chi connectivity index (χ2n) is 7.58. The zero-order valence-electron chi connectivity index (χ0n) is 41.1. The van der Waals surface area contributed by atoms with Gasteiger partial charge in [-0.2, -0.15) is 0 Å². The van der Waals surface area contributed by atoms with E-state index in [1.807, 2.05) is 0 Å². The number of benzene rings is 7. The van der Waals surface area contributed by atoms with Gasteiger partial charge in [0.15, 0.2) is 0 Å². The highest BCUT2D eigenvalue weighted by Crippen LogP contribution is 2.46. The first kappa shape index (κ1) is 7.91. The minimum Gasteiger partial charge on any atom is -0.0622 e. The molecule has 168 valence electrons. The van der Waals surface area contributed by atoms with Crippen LogP contribution in [0, 0.1) is 0 Å². The summed E-state index contributed by atoms with van der Waals surface area (Å²) >= 11 is 0. The van der Waals surface area contributed by atoms with Crippen molar-refractivity contribution >= 4 is 32.3 Å². The van der Waals surface area contributed by atoms with Crippen LogP contribution in [0.2, 0.25) is 0 Å². The Morgan fingerprint density at radius 1 is 0.361 bits per heavy atom. The van der Waals surface area contributed by atoms with E-state index in [4.69, 9.17) is 21.9 Å². The van der Waals surface area contributed by atoms with Crippen molar-refractivity contribution in [3.8, 4) is 33.4 Å². The quantitative estimate of drug-likeness (QED) is 0.221. The summed E-state index contributed by atoms with van der Waals surface area (Å²) in [5, 5.41) is -3.80. The Morgan fingerprint density at radius 3 is 1.64 bits per heavy atom. The minimum atomic E-state index is -0.943. The van der Waals surface area contributed by atoms with Gasteiger partial charge in [0.1, 0.15) is 0 Å². The molecule has 0 radical (unpaired) electrons. The molecule has 0 aliphatic rings. The van der Waals surface area contributed by atoms with Gasteiger partial charge in [-0.3, -0.25) is 0 Å². The summed E-state index contributed by atoms with van der Waals surface area (Å²) < 4.78 is 202. The second kappa shape index (κ2) is 8.52. The molecule has 0 saturated heterocycles. The first-order chi connectivity index (χ1) is 27.4. The zero-order chi connectivity index (χ0) is 43.9. The molecule has 0 unspecified atom stereocenters. The fourth-order valence-corrected chi connectivity index (χ4v) is 4.15. The Labute approximate surface area is 243 Å². The summed E-state index contributed by atoms with van der Waals surface area (Å²) in [6.45, 7) is 0. The highest BCUT2D eigenvalue weighted by Gasteiger charge is 2.18. The van der Waals surface area contributed by atoms with Crippen LogP contribution in [0.15, 0.2) is 145 Å². The van der Waals surface area contributed by atoms with Crippen LogP contribution in [0.5, 0.6) is 0 Å². The van der Waals surface area contributed by atoms with Crippen LogP contribution in [-0.4, -0.2) is 0 Å². The standard InChI is InChI=1S/C36H24/c1-2-13-26(14-3-1)29-16-6-7-17-30(29)36-33-20-10-8-18-31(33)35(32-19-9-11-21-34(32)36)28-23-22-25-12-4-5-15-27(25)24-28/h1-24H/i1D,2D,3D,4D,5D,6D,7D,8D,9D,10D,11D,12D,13D,15D,16D,17D,18D,19D,20D,21D,22D,23D,24D. The molecule has 0 fully saturated rings. The Hall–Kier alpha value is -4.68. The van der Waals surface area contributed by atoms with Crippen LogP contribution in [0.1, 0.15) is 31.5 Å². The fourth-order valence-electron chi connectivity index (χ4n) is 4.15. The molecule has 36 heavy (non-hydrogen) atoms. The van der Waals surface area contributed by atoms with Gasteiger partial charge in [-0.15, -0.1) is 0 Å². The van der Waals surface area contributed by atoms with Crippen molar-refractivity contribution in [3.05, 3.63) is 145 Å². The molecule has 0 N–H and O–H groups in total. The van der Waals surface area contributed by atoms with E-state index in [0.717, 1.165) is 6.07 Å². The molecule has 0 spiro atoms. The molecule has 0 atom stereocenters. The van der Waals surface area contributed by atoms with Crippen molar-refractivity contribution in [3.63, 3.8) is 0 Å². The highest BCUT2D eigenvalue weighted by molar-refractivity contribution is 6.22. The van der Waals surface area contributed by atoms with Gasteiger partial charge in [-0.1, -0.05) is 139 Å². The summed E-state index contributed by atoms with van der Waals surface area (Å²) in [5.74, 6) is 0. The third kappa shape index (κ3) is 3.31.